The number of hydrogen-bond donors (Lipinski definition) is 0. The van der Waals surface area contributed by atoms with Gasteiger partial charge in [0.1, 0.15) is 0 Å². The fourth-order valence-electron chi connectivity index (χ4n) is 2.27. The summed E-state index contributed by atoms with van der Waals surface area (Å²) in [7, 11) is 0. The molecule has 0 aliphatic heterocycles. The number of hydrogen-bond acceptors (Lipinski definition) is 1. The SMILES string of the molecule is Clc1cc(Cc2ccccc2)cc(-c2ccccn2)c1. The van der Waals surface area contributed by atoms with Crippen molar-refractivity contribution < 1.29 is 0 Å². The van der Waals surface area contributed by atoms with E-state index in [1.165, 1.54) is 11.1 Å². The molecular weight excluding hydrogens is 266 g/mol. The van der Waals surface area contributed by atoms with Gasteiger partial charge < -0.3 is 0 Å². The van der Waals surface area contributed by atoms with E-state index < -0.39 is 0 Å². The fraction of sp³-hybridized carbons (Fsp3) is 0.0556. The van der Waals surface area contributed by atoms with Gasteiger partial charge in [0.15, 0.2) is 0 Å². The van der Waals surface area contributed by atoms with Crippen LogP contribution in [0.3, 0.4) is 0 Å². The molecule has 0 unspecified atom stereocenters. The van der Waals surface area contributed by atoms with Crippen LogP contribution in [0, 0.1) is 0 Å². The standard InChI is InChI=1S/C18H14ClN/c19-17-12-15(10-14-6-2-1-3-7-14)11-16(13-17)18-8-4-5-9-20-18/h1-9,11-13H,10H2. The van der Waals surface area contributed by atoms with Crippen LogP contribution in [0.2, 0.25) is 5.02 Å². The highest BCUT2D eigenvalue weighted by Crippen LogP contribution is 2.24. The summed E-state index contributed by atoms with van der Waals surface area (Å²) in [6.07, 6.45) is 2.67. The van der Waals surface area contributed by atoms with Crippen molar-refractivity contribution in [1.29, 1.82) is 0 Å². The largest absolute Gasteiger partial charge is 0.256 e. The second-order valence-corrected chi connectivity index (χ2v) is 5.16. The highest BCUT2D eigenvalue weighted by molar-refractivity contribution is 6.30. The van der Waals surface area contributed by atoms with Crippen molar-refractivity contribution >= 4 is 11.6 Å². The molecule has 0 amide bonds. The van der Waals surface area contributed by atoms with E-state index in [4.69, 9.17) is 11.6 Å². The molecule has 0 saturated carbocycles. The van der Waals surface area contributed by atoms with Gasteiger partial charge in [0.2, 0.25) is 0 Å². The predicted octanol–water partition coefficient (Wildman–Crippen LogP) is 4.99. The zero-order valence-corrected chi connectivity index (χ0v) is 11.7. The lowest BCUT2D eigenvalue weighted by atomic mass is 10.0. The Hall–Kier alpha value is -2.12. The van der Waals surface area contributed by atoms with E-state index in [1.54, 1.807) is 6.20 Å². The summed E-state index contributed by atoms with van der Waals surface area (Å²) >= 11 is 6.24. The van der Waals surface area contributed by atoms with E-state index in [2.05, 4.69) is 35.3 Å². The summed E-state index contributed by atoms with van der Waals surface area (Å²) < 4.78 is 0. The van der Waals surface area contributed by atoms with Gasteiger partial charge in [-0.2, -0.15) is 0 Å². The second-order valence-electron chi connectivity index (χ2n) is 4.73. The highest BCUT2D eigenvalue weighted by atomic mass is 35.5. The quantitative estimate of drug-likeness (QED) is 0.658. The fourth-order valence-corrected chi connectivity index (χ4v) is 2.52. The molecule has 0 atom stereocenters. The van der Waals surface area contributed by atoms with Crippen molar-refractivity contribution in [3.05, 3.63) is 89.1 Å². The molecule has 1 nitrogen and oxygen atoms in total. The van der Waals surface area contributed by atoms with Gasteiger partial charge in [-0.1, -0.05) is 48.0 Å². The Morgan fingerprint density at radius 3 is 2.35 bits per heavy atom. The third-order valence-corrected chi connectivity index (χ3v) is 3.39. The van der Waals surface area contributed by atoms with Gasteiger partial charge in [0, 0.05) is 16.8 Å². The third-order valence-electron chi connectivity index (χ3n) is 3.17. The smallest absolute Gasteiger partial charge is 0.0702 e. The predicted molar refractivity (Wildman–Crippen MR) is 83.9 cm³/mol. The zero-order chi connectivity index (χ0) is 13.8. The molecule has 1 aromatic heterocycles. The molecule has 3 aromatic rings. The number of aromatic nitrogens is 1. The number of benzene rings is 2. The lowest BCUT2D eigenvalue weighted by Gasteiger charge is -2.07. The molecular formula is C18H14ClN. The van der Waals surface area contributed by atoms with Crippen LogP contribution >= 0.6 is 11.6 Å². The molecule has 0 radical (unpaired) electrons. The monoisotopic (exact) mass is 279 g/mol. The molecule has 0 bridgehead atoms. The van der Waals surface area contributed by atoms with Crippen molar-refractivity contribution in [3.63, 3.8) is 0 Å². The molecule has 20 heavy (non-hydrogen) atoms. The van der Waals surface area contributed by atoms with Gasteiger partial charge in [-0.05, 0) is 47.9 Å². The maximum atomic E-state index is 6.24. The summed E-state index contributed by atoms with van der Waals surface area (Å²) in [5.41, 5.74) is 4.49. The van der Waals surface area contributed by atoms with E-state index in [-0.39, 0.29) is 0 Å². The number of pyridine rings is 1. The average Bonchev–Trinajstić information content (AvgIpc) is 2.49. The molecule has 0 aliphatic rings. The summed E-state index contributed by atoms with van der Waals surface area (Å²) in [5, 5.41) is 0.749. The molecule has 98 valence electrons. The summed E-state index contributed by atoms with van der Waals surface area (Å²) in [6.45, 7) is 0. The van der Waals surface area contributed by atoms with Crippen molar-refractivity contribution in [2.45, 2.75) is 6.42 Å². The lowest BCUT2D eigenvalue weighted by molar-refractivity contribution is 1.19. The summed E-state index contributed by atoms with van der Waals surface area (Å²) in [6, 6.07) is 22.4. The Morgan fingerprint density at radius 2 is 1.60 bits per heavy atom. The molecule has 2 aromatic carbocycles. The maximum Gasteiger partial charge on any atom is 0.0702 e. The first kappa shape index (κ1) is 12.9. The normalized spacial score (nSPS) is 10.4. The average molecular weight is 280 g/mol. The minimum Gasteiger partial charge on any atom is -0.256 e. The Balaban J connectivity index is 1.95. The molecule has 0 saturated heterocycles. The zero-order valence-electron chi connectivity index (χ0n) is 11.0. The van der Waals surface area contributed by atoms with Gasteiger partial charge in [-0.25, -0.2) is 0 Å². The van der Waals surface area contributed by atoms with E-state index in [1.807, 2.05) is 36.4 Å². The van der Waals surface area contributed by atoms with Crippen LogP contribution in [-0.4, -0.2) is 4.98 Å². The van der Waals surface area contributed by atoms with Crippen molar-refractivity contribution in [3.8, 4) is 11.3 Å². The molecule has 0 aliphatic carbocycles. The molecule has 0 N–H and O–H groups in total. The molecule has 3 rings (SSSR count). The Morgan fingerprint density at radius 1 is 0.800 bits per heavy atom. The van der Waals surface area contributed by atoms with Crippen molar-refractivity contribution in [2.24, 2.45) is 0 Å². The Kier molecular flexibility index (Phi) is 3.80. The van der Waals surface area contributed by atoms with Crippen molar-refractivity contribution in [2.75, 3.05) is 0 Å². The third kappa shape index (κ3) is 3.06. The molecule has 1 heterocycles. The van der Waals surface area contributed by atoms with Crippen LogP contribution in [0.1, 0.15) is 11.1 Å². The van der Waals surface area contributed by atoms with Crippen LogP contribution in [0.4, 0.5) is 0 Å². The van der Waals surface area contributed by atoms with Crippen LogP contribution < -0.4 is 0 Å². The second kappa shape index (κ2) is 5.89. The van der Waals surface area contributed by atoms with Gasteiger partial charge in [-0.15, -0.1) is 0 Å². The topological polar surface area (TPSA) is 12.9 Å². The lowest BCUT2D eigenvalue weighted by Crippen LogP contribution is -1.90. The first-order chi connectivity index (χ1) is 9.81. The number of nitrogens with zero attached hydrogens (tertiary/aromatic N) is 1. The molecule has 2 heteroatoms. The van der Waals surface area contributed by atoms with E-state index in [0.717, 1.165) is 22.7 Å². The van der Waals surface area contributed by atoms with Gasteiger partial charge >= 0.3 is 0 Å². The van der Waals surface area contributed by atoms with Crippen LogP contribution in [0.25, 0.3) is 11.3 Å². The Bertz CT molecular complexity index is 693. The minimum atomic E-state index is 0.749. The van der Waals surface area contributed by atoms with E-state index in [0.29, 0.717) is 0 Å². The summed E-state index contributed by atoms with van der Waals surface area (Å²) in [5.74, 6) is 0. The molecule has 0 fully saturated rings. The van der Waals surface area contributed by atoms with Crippen molar-refractivity contribution in [1.82, 2.24) is 4.98 Å². The van der Waals surface area contributed by atoms with Crippen LogP contribution in [-0.2, 0) is 6.42 Å². The molecule has 0 spiro atoms. The van der Waals surface area contributed by atoms with E-state index >= 15 is 0 Å². The van der Waals surface area contributed by atoms with Crippen LogP contribution in [0.15, 0.2) is 72.9 Å². The first-order valence-corrected chi connectivity index (χ1v) is 6.94. The number of halogens is 1. The highest BCUT2D eigenvalue weighted by Gasteiger charge is 2.04. The Labute approximate surface area is 123 Å². The maximum absolute atomic E-state index is 6.24. The van der Waals surface area contributed by atoms with Gasteiger partial charge in [-0.3, -0.25) is 4.98 Å². The van der Waals surface area contributed by atoms with Gasteiger partial charge in [0.05, 0.1) is 5.69 Å². The first-order valence-electron chi connectivity index (χ1n) is 6.56. The van der Waals surface area contributed by atoms with Gasteiger partial charge in [0.25, 0.3) is 0 Å². The summed E-state index contributed by atoms with van der Waals surface area (Å²) in [4.78, 5) is 4.38. The number of rotatable bonds is 3. The van der Waals surface area contributed by atoms with E-state index in [9.17, 15) is 0 Å². The minimum absolute atomic E-state index is 0.749. The van der Waals surface area contributed by atoms with Crippen LogP contribution in [0.5, 0.6) is 0 Å².